The minimum atomic E-state index is -0.339. The molecule has 8 heteroatoms. The highest BCUT2D eigenvalue weighted by atomic mass is 32.2. The number of aromatic amines is 1. The van der Waals surface area contributed by atoms with Crippen LogP contribution in [0.25, 0.3) is 21.9 Å². The molecule has 0 aliphatic carbocycles. The highest BCUT2D eigenvalue weighted by Gasteiger charge is 2.13. The summed E-state index contributed by atoms with van der Waals surface area (Å²) in [6.07, 6.45) is 1.40. The highest BCUT2D eigenvalue weighted by molar-refractivity contribution is 8.00. The molecule has 140 valence electrons. The van der Waals surface area contributed by atoms with Crippen LogP contribution in [-0.4, -0.2) is 32.4 Å². The van der Waals surface area contributed by atoms with Crippen LogP contribution in [0.4, 0.5) is 10.1 Å². The van der Waals surface area contributed by atoms with E-state index >= 15 is 0 Å². The van der Waals surface area contributed by atoms with Gasteiger partial charge in [-0.05, 0) is 37.3 Å². The summed E-state index contributed by atoms with van der Waals surface area (Å²) in [5.41, 5.74) is 3.13. The van der Waals surface area contributed by atoms with Crippen molar-refractivity contribution >= 4 is 51.1 Å². The number of hydrogen-bond donors (Lipinski definition) is 2. The number of H-pyrrole nitrogens is 1. The Morgan fingerprint density at radius 3 is 2.86 bits per heavy atom. The molecule has 2 N–H and O–H groups in total. The molecule has 0 aliphatic rings. The monoisotopic (exact) mass is 394 g/mol. The fourth-order valence-electron chi connectivity index (χ4n) is 2.90. The van der Waals surface area contributed by atoms with Gasteiger partial charge >= 0.3 is 0 Å². The number of halogens is 1. The third-order valence-corrected chi connectivity index (χ3v) is 5.19. The van der Waals surface area contributed by atoms with Crippen molar-refractivity contribution < 1.29 is 14.0 Å². The van der Waals surface area contributed by atoms with Gasteiger partial charge in [-0.15, -0.1) is 0 Å². The fraction of sp³-hybridized carbons (Fsp3) is 0.100. The van der Waals surface area contributed by atoms with E-state index in [0.717, 1.165) is 5.52 Å². The zero-order valence-corrected chi connectivity index (χ0v) is 15.6. The smallest absolute Gasteiger partial charge is 0.234 e. The maximum atomic E-state index is 13.5. The van der Waals surface area contributed by atoms with Gasteiger partial charge in [0.15, 0.2) is 5.78 Å². The van der Waals surface area contributed by atoms with Crippen LogP contribution in [0.15, 0.2) is 53.8 Å². The standard InChI is InChI=1S/C20H15FN4O2S/c1-11(26)12-3-2-4-14(7-12)24-17(27)9-28-20-19-18(22-10-23-20)15-8-13(21)5-6-16(15)25-19/h2-8,10,25H,9H2,1H3,(H,24,27). The molecule has 2 heterocycles. The molecule has 0 fully saturated rings. The van der Waals surface area contributed by atoms with E-state index in [1.54, 1.807) is 30.3 Å². The van der Waals surface area contributed by atoms with E-state index in [2.05, 4.69) is 20.3 Å². The second-order valence-electron chi connectivity index (χ2n) is 6.19. The number of nitrogens with zero attached hydrogens (tertiary/aromatic N) is 2. The van der Waals surface area contributed by atoms with Gasteiger partial charge in [-0.3, -0.25) is 9.59 Å². The molecule has 6 nitrogen and oxygen atoms in total. The van der Waals surface area contributed by atoms with Crippen LogP contribution >= 0.6 is 11.8 Å². The molecule has 2 aromatic carbocycles. The Labute approximate surface area is 163 Å². The summed E-state index contributed by atoms with van der Waals surface area (Å²) in [7, 11) is 0. The number of rotatable bonds is 5. The molecule has 0 spiro atoms. The Kier molecular flexibility index (Phi) is 4.79. The number of carbonyl (C=O) groups excluding carboxylic acids is 2. The number of ketones is 1. The van der Waals surface area contributed by atoms with Crippen LogP contribution in [0.1, 0.15) is 17.3 Å². The van der Waals surface area contributed by atoms with Crippen molar-refractivity contribution in [3.05, 3.63) is 60.2 Å². The van der Waals surface area contributed by atoms with Gasteiger partial charge < -0.3 is 10.3 Å². The van der Waals surface area contributed by atoms with E-state index in [1.807, 2.05) is 0 Å². The summed E-state index contributed by atoms with van der Waals surface area (Å²) in [4.78, 5) is 35.4. The third kappa shape index (κ3) is 3.59. The molecule has 0 aliphatic heterocycles. The molecule has 0 radical (unpaired) electrons. The first-order valence-electron chi connectivity index (χ1n) is 8.47. The predicted molar refractivity (Wildman–Crippen MR) is 107 cm³/mol. The summed E-state index contributed by atoms with van der Waals surface area (Å²) in [6, 6.07) is 11.2. The van der Waals surface area contributed by atoms with E-state index in [0.29, 0.717) is 32.7 Å². The topological polar surface area (TPSA) is 87.7 Å². The lowest BCUT2D eigenvalue weighted by Gasteiger charge is -2.06. The molecular weight excluding hydrogens is 379 g/mol. The molecule has 0 saturated heterocycles. The number of nitrogens with one attached hydrogen (secondary N) is 2. The molecule has 1 amide bonds. The van der Waals surface area contributed by atoms with Crippen LogP contribution in [0.2, 0.25) is 0 Å². The minimum absolute atomic E-state index is 0.0656. The quantitative estimate of drug-likeness (QED) is 0.301. The van der Waals surface area contributed by atoms with Gasteiger partial charge in [0, 0.05) is 22.2 Å². The van der Waals surface area contributed by atoms with Crippen LogP contribution < -0.4 is 5.32 Å². The molecule has 28 heavy (non-hydrogen) atoms. The van der Waals surface area contributed by atoms with Crippen LogP contribution in [-0.2, 0) is 4.79 Å². The van der Waals surface area contributed by atoms with E-state index in [4.69, 9.17) is 0 Å². The first kappa shape index (κ1) is 18.1. The number of hydrogen-bond acceptors (Lipinski definition) is 5. The van der Waals surface area contributed by atoms with Crippen molar-refractivity contribution in [2.45, 2.75) is 11.9 Å². The summed E-state index contributed by atoms with van der Waals surface area (Å²) in [6.45, 7) is 1.48. The molecule has 2 aromatic heterocycles. The average molecular weight is 394 g/mol. The van der Waals surface area contributed by atoms with Crippen LogP contribution in [0, 0.1) is 5.82 Å². The van der Waals surface area contributed by atoms with Gasteiger partial charge in [-0.25, -0.2) is 14.4 Å². The lowest BCUT2D eigenvalue weighted by Crippen LogP contribution is -2.14. The van der Waals surface area contributed by atoms with Gasteiger partial charge in [-0.2, -0.15) is 0 Å². The van der Waals surface area contributed by atoms with Crippen molar-refractivity contribution in [1.29, 1.82) is 0 Å². The first-order chi connectivity index (χ1) is 13.5. The lowest BCUT2D eigenvalue weighted by atomic mass is 10.1. The Morgan fingerprint density at radius 1 is 1.18 bits per heavy atom. The summed E-state index contributed by atoms with van der Waals surface area (Å²) < 4.78 is 13.5. The lowest BCUT2D eigenvalue weighted by molar-refractivity contribution is -0.113. The van der Waals surface area contributed by atoms with Crippen molar-refractivity contribution in [3.8, 4) is 0 Å². The molecule has 0 atom stereocenters. The van der Waals surface area contributed by atoms with Crippen LogP contribution in [0.5, 0.6) is 0 Å². The van der Waals surface area contributed by atoms with E-state index < -0.39 is 0 Å². The molecule has 4 rings (SSSR count). The van der Waals surface area contributed by atoms with E-state index in [1.165, 1.54) is 37.1 Å². The third-order valence-electron chi connectivity index (χ3n) is 4.20. The SMILES string of the molecule is CC(=O)c1cccc(NC(=O)CSc2ncnc3c2[nH]c2ccc(F)cc23)c1. The van der Waals surface area contributed by atoms with Crippen molar-refractivity contribution in [2.24, 2.45) is 0 Å². The van der Waals surface area contributed by atoms with Gasteiger partial charge in [0.2, 0.25) is 5.91 Å². The zero-order chi connectivity index (χ0) is 19.7. The minimum Gasteiger partial charge on any atom is -0.351 e. The predicted octanol–water partition coefficient (Wildman–Crippen LogP) is 4.18. The number of Topliss-reactive ketones (excluding diaryl/α,β-unsaturated/α-hetero) is 1. The fourth-order valence-corrected chi connectivity index (χ4v) is 3.65. The molecular formula is C20H15FN4O2S. The number of fused-ring (bicyclic) bond motifs is 3. The number of thioether (sulfide) groups is 1. The summed E-state index contributed by atoms with van der Waals surface area (Å²) in [5.74, 6) is -0.503. The van der Waals surface area contributed by atoms with Crippen molar-refractivity contribution in [2.75, 3.05) is 11.1 Å². The number of carbonyl (C=O) groups is 2. The van der Waals surface area contributed by atoms with E-state index in [-0.39, 0.29) is 23.3 Å². The molecule has 0 bridgehead atoms. The second kappa shape index (κ2) is 7.40. The number of benzene rings is 2. The molecule has 0 saturated carbocycles. The first-order valence-corrected chi connectivity index (χ1v) is 9.45. The van der Waals surface area contributed by atoms with Gasteiger partial charge in [0.1, 0.15) is 22.7 Å². The Bertz CT molecular complexity index is 1220. The molecule has 4 aromatic rings. The second-order valence-corrected chi connectivity index (χ2v) is 7.16. The largest absolute Gasteiger partial charge is 0.351 e. The maximum absolute atomic E-state index is 13.5. The maximum Gasteiger partial charge on any atom is 0.234 e. The van der Waals surface area contributed by atoms with E-state index in [9.17, 15) is 14.0 Å². The Balaban J connectivity index is 1.52. The Morgan fingerprint density at radius 2 is 2.04 bits per heavy atom. The summed E-state index contributed by atoms with van der Waals surface area (Å²) in [5, 5.41) is 4.05. The van der Waals surface area contributed by atoms with Gasteiger partial charge in [0.05, 0.1) is 11.3 Å². The Hall–Kier alpha value is -3.26. The van der Waals surface area contributed by atoms with Crippen molar-refractivity contribution in [3.63, 3.8) is 0 Å². The van der Waals surface area contributed by atoms with Crippen molar-refractivity contribution in [1.82, 2.24) is 15.0 Å². The van der Waals surface area contributed by atoms with Crippen LogP contribution in [0.3, 0.4) is 0 Å². The highest BCUT2D eigenvalue weighted by Crippen LogP contribution is 2.30. The number of amides is 1. The average Bonchev–Trinajstić information content (AvgIpc) is 3.05. The molecule has 0 unspecified atom stereocenters. The zero-order valence-electron chi connectivity index (χ0n) is 14.8. The number of anilines is 1. The normalized spacial score (nSPS) is 11.1. The number of aromatic nitrogens is 3. The van der Waals surface area contributed by atoms with Gasteiger partial charge in [0.25, 0.3) is 0 Å². The summed E-state index contributed by atoms with van der Waals surface area (Å²) >= 11 is 1.25. The van der Waals surface area contributed by atoms with Gasteiger partial charge in [-0.1, -0.05) is 23.9 Å².